The molecule has 35 heavy (non-hydrogen) atoms. The zero-order valence-electron chi connectivity index (χ0n) is 22.0. The van der Waals surface area contributed by atoms with E-state index in [9.17, 15) is 4.79 Å². The zero-order valence-corrected chi connectivity index (χ0v) is 22.0. The van der Waals surface area contributed by atoms with E-state index >= 15 is 0 Å². The SMILES string of the molecule is Cc1ccccc1CN1CCCc2cc(OCCC3CCN(C(=O)OC(C)(C)C)CC3)ccc2C1. The fraction of sp³-hybridized carbons (Fsp3) is 0.567. The number of benzene rings is 2. The first kappa shape index (κ1) is 25.6. The van der Waals surface area contributed by atoms with Gasteiger partial charge in [0.15, 0.2) is 0 Å². The maximum Gasteiger partial charge on any atom is 0.410 e. The van der Waals surface area contributed by atoms with Gasteiger partial charge in [0.25, 0.3) is 0 Å². The molecule has 0 radical (unpaired) electrons. The minimum Gasteiger partial charge on any atom is -0.494 e. The Morgan fingerprint density at radius 2 is 1.80 bits per heavy atom. The van der Waals surface area contributed by atoms with Gasteiger partial charge in [0, 0.05) is 26.2 Å². The molecule has 2 heterocycles. The van der Waals surface area contributed by atoms with Crippen molar-refractivity contribution in [3.63, 3.8) is 0 Å². The van der Waals surface area contributed by atoms with Crippen LogP contribution in [0, 0.1) is 12.8 Å². The molecule has 0 saturated carbocycles. The molecule has 2 aliphatic heterocycles. The Balaban J connectivity index is 1.23. The predicted octanol–water partition coefficient (Wildman–Crippen LogP) is 6.36. The van der Waals surface area contributed by atoms with Gasteiger partial charge < -0.3 is 14.4 Å². The van der Waals surface area contributed by atoms with Gasteiger partial charge in [-0.15, -0.1) is 0 Å². The highest BCUT2D eigenvalue weighted by atomic mass is 16.6. The Morgan fingerprint density at radius 3 is 2.54 bits per heavy atom. The van der Waals surface area contributed by atoms with Crippen molar-refractivity contribution in [2.45, 2.75) is 78.5 Å². The molecule has 0 spiro atoms. The summed E-state index contributed by atoms with van der Waals surface area (Å²) in [6.45, 7) is 13.4. The molecule has 5 heteroatoms. The maximum atomic E-state index is 12.3. The van der Waals surface area contributed by atoms with Gasteiger partial charge in [-0.2, -0.15) is 0 Å². The lowest BCUT2D eigenvalue weighted by molar-refractivity contribution is 0.0177. The summed E-state index contributed by atoms with van der Waals surface area (Å²) in [6.07, 6.45) is 5.17. The van der Waals surface area contributed by atoms with E-state index in [-0.39, 0.29) is 6.09 Å². The molecule has 0 aromatic heterocycles. The second kappa shape index (κ2) is 11.5. The van der Waals surface area contributed by atoms with Crippen molar-refractivity contribution < 1.29 is 14.3 Å². The predicted molar refractivity (Wildman–Crippen MR) is 141 cm³/mol. The van der Waals surface area contributed by atoms with Crippen LogP contribution < -0.4 is 4.74 Å². The average molecular weight is 479 g/mol. The summed E-state index contributed by atoms with van der Waals surface area (Å²) in [4.78, 5) is 16.7. The van der Waals surface area contributed by atoms with E-state index in [1.165, 1.54) is 28.7 Å². The van der Waals surface area contributed by atoms with Crippen molar-refractivity contribution in [1.29, 1.82) is 0 Å². The molecule has 1 saturated heterocycles. The summed E-state index contributed by atoms with van der Waals surface area (Å²) in [6, 6.07) is 15.4. The lowest BCUT2D eigenvalue weighted by Gasteiger charge is -2.33. The first-order valence-electron chi connectivity index (χ1n) is 13.3. The monoisotopic (exact) mass is 478 g/mol. The van der Waals surface area contributed by atoms with E-state index in [4.69, 9.17) is 9.47 Å². The highest BCUT2D eigenvalue weighted by Gasteiger charge is 2.26. The lowest BCUT2D eigenvalue weighted by Crippen LogP contribution is -2.41. The quantitative estimate of drug-likeness (QED) is 0.484. The minimum absolute atomic E-state index is 0.186. The number of likely N-dealkylation sites (tertiary alicyclic amines) is 1. The molecule has 1 fully saturated rings. The fourth-order valence-corrected chi connectivity index (χ4v) is 5.13. The van der Waals surface area contributed by atoms with E-state index in [1.807, 2.05) is 25.7 Å². The molecule has 0 unspecified atom stereocenters. The van der Waals surface area contributed by atoms with Crippen molar-refractivity contribution in [2.75, 3.05) is 26.2 Å². The number of ether oxygens (including phenoxy) is 2. The normalized spacial score (nSPS) is 17.5. The molecule has 2 aliphatic rings. The van der Waals surface area contributed by atoms with Crippen LogP contribution in [0.5, 0.6) is 5.75 Å². The number of aryl methyl sites for hydroxylation is 2. The molecule has 1 amide bonds. The van der Waals surface area contributed by atoms with Crippen molar-refractivity contribution in [3.05, 3.63) is 64.7 Å². The van der Waals surface area contributed by atoms with E-state index in [0.717, 1.165) is 70.8 Å². The van der Waals surface area contributed by atoms with E-state index in [1.54, 1.807) is 0 Å². The Labute approximate surface area is 211 Å². The molecule has 2 aromatic carbocycles. The topological polar surface area (TPSA) is 42.0 Å². The number of fused-ring (bicyclic) bond motifs is 1. The van der Waals surface area contributed by atoms with Crippen molar-refractivity contribution in [1.82, 2.24) is 9.80 Å². The fourth-order valence-electron chi connectivity index (χ4n) is 5.13. The van der Waals surface area contributed by atoms with Crippen molar-refractivity contribution in [3.8, 4) is 5.75 Å². The van der Waals surface area contributed by atoms with Crippen molar-refractivity contribution >= 4 is 6.09 Å². The summed E-state index contributed by atoms with van der Waals surface area (Å²) in [7, 11) is 0. The van der Waals surface area contributed by atoms with Crippen LogP contribution in [0.2, 0.25) is 0 Å². The van der Waals surface area contributed by atoms with Gasteiger partial charge >= 0.3 is 6.09 Å². The molecule has 2 aromatic rings. The minimum atomic E-state index is -0.436. The largest absolute Gasteiger partial charge is 0.494 e. The average Bonchev–Trinajstić information content (AvgIpc) is 3.01. The Morgan fingerprint density at radius 1 is 1.03 bits per heavy atom. The molecule has 0 N–H and O–H groups in total. The third-order valence-corrected chi connectivity index (χ3v) is 7.21. The van der Waals surface area contributed by atoms with Crippen LogP contribution in [0.15, 0.2) is 42.5 Å². The van der Waals surface area contributed by atoms with Gasteiger partial charge in [0.1, 0.15) is 11.4 Å². The van der Waals surface area contributed by atoms with Crippen LogP contribution >= 0.6 is 0 Å². The van der Waals surface area contributed by atoms with Gasteiger partial charge in [0.2, 0.25) is 0 Å². The van der Waals surface area contributed by atoms with Gasteiger partial charge in [-0.05, 0) is 107 Å². The molecule has 4 rings (SSSR count). The van der Waals surface area contributed by atoms with Crippen LogP contribution in [-0.4, -0.2) is 47.7 Å². The van der Waals surface area contributed by atoms with Crippen LogP contribution in [-0.2, 0) is 24.2 Å². The number of nitrogens with zero attached hydrogens (tertiary/aromatic N) is 2. The standard InChI is InChI=1S/C30H42N2O3/c1-23-8-5-6-9-26(23)21-31-16-7-10-25-20-28(12-11-27(25)22-31)34-19-15-24-13-17-32(18-14-24)29(33)35-30(2,3)4/h5-6,8-9,11-12,20,24H,7,10,13-19,21-22H2,1-4H3. The van der Waals surface area contributed by atoms with Gasteiger partial charge in [-0.3, -0.25) is 4.90 Å². The number of hydrogen-bond donors (Lipinski definition) is 0. The highest BCUT2D eigenvalue weighted by Crippen LogP contribution is 2.27. The zero-order chi connectivity index (χ0) is 24.8. The van der Waals surface area contributed by atoms with Crippen molar-refractivity contribution in [2.24, 2.45) is 5.92 Å². The summed E-state index contributed by atoms with van der Waals surface area (Å²) in [5, 5.41) is 0. The van der Waals surface area contributed by atoms with Crippen LogP contribution in [0.3, 0.4) is 0 Å². The first-order valence-corrected chi connectivity index (χ1v) is 13.3. The molecular weight excluding hydrogens is 436 g/mol. The molecule has 5 nitrogen and oxygen atoms in total. The number of piperidine rings is 1. The number of rotatable bonds is 6. The molecule has 0 atom stereocenters. The van der Waals surface area contributed by atoms with Gasteiger partial charge in [-0.1, -0.05) is 30.3 Å². The number of amides is 1. The Bertz CT molecular complexity index is 989. The van der Waals surface area contributed by atoms with E-state index in [0.29, 0.717) is 5.92 Å². The molecule has 0 aliphatic carbocycles. The number of carbonyl (C=O) groups excluding carboxylic acids is 1. The lowest BCUT2D eigenvalue weighted by atomic mass is 9.94. The highest BCUT2D eigenvalue weighted by molar-refractivity contribution is 5.68. The second-order valence-corrected chi connectivity index (χ2v) is 11.2. The summed E-state index contributed by atoms with van der Waals surface area (Å²) in [5.41, 5.74) is 5.22. The van der Waals surface area contributed by atoms with Crippen LogP contribution in [0.4, 0.5) is 4.79 Å². The maximum absolute atomic E-state index is 12.3. The van der Waals surface area contributed by atoms with Crippen LogP contribution in [0.1, 0.15) is 68.7 Å². The summed E-state index contributed by atoms with van der Waals surface area (Å²) in [5.74, 6) is 1.59. The Kier molecular flexibility index (Phi) is 8.38. The third-order valence-electron chi connectivity index (χ3n) is 7.21. The summed E-state index contributed by atoms with van der Waals surface area (Å²) >= 11 is 0. The molecule has 0 bridgehead atoms. The second-order valence-electron chi connectivity index (χ2n) is 11.2. The number of carbonyl (C=O) groups is 1. The van der Waals surface area contributed by atoms with E-state index in [2.05, 4.69) is 54.3 Å². The third kappa shape index (κ3) is 7.47. The van der Waals surface area contributed by atoms with Crippen LogP contribution in [0.25, 0.3) is 0 Å². The van der Waals surface area contributed by atoms with Gasteiger partial charge in [0.05, 0.1) is 6.61 Å². The Hall–Kier alpha value is -2.53. The first-order chi connectivity index (χ1) is 16.8. The molecule has 190 valence electrons. The van der Waals surface area contributed by atoms with Gasteiger partial charge in [-0.25, -0.2) is 4.79 Å². The molecular formula is C30H42N2O3. The smallest absolute Gasteiger partial charge is 0.410 e. The summed E-state index contributed by atoms with van der Waals surface area (Å²) < 4.78 is 11.7. The van der Waals surface area contributed by atoms with E-state index < -0.39 is 5.60 Å². The number of hydrogen-bond acceptors (Lipinski definition) is 4.